The van der Waals surface area contributed by atoms with Gasteiger partial charge in [0.25, 0.3) is 0 Å². The molecule has 0 aromatic carbocycles. The molecule has 1 unspecified atom stereocenters. The van der Waals surface area contributed by atoms with Gasteiger partial charge >= 0.3 is 5.97 Å². The lowest BCUT2D eigenvalue weighted by Gasteiger charge is -2.18. The van der Waals surface area contributed by atoms with E-state index in [1.54, 1.807) is 0 Å². The molecule has 0 saturated heterocycles. The Labute approximate surface area is 115 Å². The second kappa shape index (κ2) is 8.68. The highest BCUT2D eigenvalue weighted by Crippen LogP contribution is 2.30. The number of aliphatic carboxylic acids is 1. The highest BCUT2D eigenvalue weighted by atomic mass is 16.4. The number of unbranched alkanes of at least 4 members (excludes halogenated alkanes) is 1. The van der Waals surface area contributed by atoms with E-state index >= 15 is 0 Å². The molecule has 0 aliphatic heterocycles. The van der Waals surface area contributed by atoms with Crippen LogP contribution < -0.4 is 0 Å². The lowest BCUT2D eigenvalue weighted by atomic mass is 9.87. The SMILES string of the molecule is C=CCCC1=CC(=O)CCCC1CCCCC(=O)O. The summed E-state index contributed by atoms with van der Waals surface area (Å²) >= 11 is 0. The number of carbonyl (C=O) groups excluding carboxylic acids is 1. The van der Waals surface area contributed by atoms with Crippen molar-refractivity contribution in [1.29, 1.82) is 0 Å². The molecule has 1 N–H and O–H groups in total. The van der Waals surface area contributed by atoms with Gasteiger partial charge in [-0.3, -0.25) is 9.59 Å². The Balaban J connectivity index is 2.50. The van der Waals surface area contributed by atoms with Crippen LogP contribution in [0.3, 0.4) is 0 Å². The maximum atomic E-state index is 11.6. The van der Waals surface area contributed by atoms with Gasteiger partial charge in [0, 0.05) is 12.8 Å². The molecule has 0 heterocycles. The number of hydrogen-bond donors (Lipinski definition) is 1. The van der Waals surface area contributed by atoms with Crippen molar-refractivity contribution in [1.82, 2.24) is 0 Å². The fourth-order valence-corrected chi connectivity index (χ4v) is 2.65. The van der Waals surface area contributed by atoms with Gasteiger partial charge in [-0.1, -0.05) is 18.1 Å². The van der Waals surface area contributed by atoms with E-state index in [2.05, 4.69) is 6.58 Å². The third-order valence-corrected chi connectivity index (χ3v) is 3.68. The molecule has 3 heteroatoms. The zero-order valence-corrected chi connectivity index (χ0v) is 11.6. The average molecular weight is 264 g/mol. The maximum Gasteiger partial charge on any atom is 0.303 e. The van der Waals surface area contributed by atoms with E-state index in [1.165, 1.54) is 5.57 Å². The van der Waals surface area contributed by atoms with Gasteiger partial charge in [-0.25, -0.2) is 0 Å². The van der Waals surface area contributed by atoms with Crippen molar-refractivity contribution in [3.63, 3.8) is 0 Å². The number of carbonyl (C=O) groups is 2. The van der Waals surface area contributed by atoms with Crippen molar-refractivity contribution in [2.45, 2.75) is 57.8 Å². The molecule has 0 amide bonds. The standard InChI is InChI=1S/C16H24O3/c1-2-3-7-14-12-15(17)10-6-9-13(14)8-4-5-11-16(18)19/h2,12-13H,1,3-11H2,(H,18,19). The second-order valence-electron chi connectivity index (χ2n) is 5.24. The number of allylic oxidation sites excluding steroid dienone is 3. The van der Waals surface area contributed by atoms with Gasteiger partial charge in [0.15, 0.2) is 5.78 Å². The van der Waals surface area contributed by atoms with Gasteiger partial charge in [0.05, 0.1) is 0 Å². The normalized spacial score (nSPS) is 19.7. The number of carboxylic acids is 1. The molecule has 0 spiro atoms. The Morgan fingerprint density at radius 3 is 2.95 bits per heavy atom. The Hall–Kier alpha value is -1.38. The van der Waals surface area contributed by atoms with Crippen molar-refractivity contribution in [3.05, 3.63) is 24.3 Å². The summed E-state index contributed by atoms with van der Waals surface area (Å²) in [7, 11) is 0. The first-order valence-corrected chi connectivity index (χ1v) is 7.19. The van der Waals surface area contributed by atoms with Crippen molar-refractivity contribution < 1.29 is 14.7 Å². The number of hydrogen-bond acceptors (Lipinski definition) is 2. The Kier molecular flexibility index (Phi) is 7.16. The molecular weight excluding hydrogens is 240 g/mol. The largest absolute Gasteiger partial charge is 0.481 e. The van der Waals surface area contributed by atoms with Crippen LogP contribution in [0.2, 0.25) is 0 Å². The molecule has 0 aromatic rings. The highest BCUT2D eigenvalue weighted by Gasteiger charge is 2.18. The molecule has 1 aliphatic carbocycles. The summed E-state index contributed by atoms with van der Waals surface area (Å²) in [5, 5.41) is 8.63. The van der Waals surface area contributed by atoms with E-state index in [0.29, 0.717) is 12.3 Å². The molecule has 1 atom stereocenters. The maximum absolute atomic E-state index is 11.6. The summed E-state index contributed by atoms with van der Waals surface area (Å²) in [6.07, 6.45) is 11.1. The fraction of sp³-hybridized carbons (Fsp3) is 0.625. The minimum atomic E-state index is -0.724. The molecule has 1 aliphatic rings. The van der Waals surface area contributed by atoms with Gasteiger partial charge in [0.1, 0.15) is 0 Å². The lowest BCUT2D eigenvalue weighted by molar-refractivity contribution is -0.137. The van der Waals surface area contributed by atoms with Crippen LogP contribution in [0.5, 0.6) is 0 Å². The molecule has 1 rings (SSSR count). The monoisotopic (exact) mass is 264 g/mol. The molecule has 3 nitrogen and oxygen atoms in total. The zero-order chi connectivity index (χ0) is 14.1. The molecule has 0 aromatic heterocycles. The predicted molar refractivity (Wildman–Crippen MR) is 76.0 cm³/mol. The summed E-state index contributed by atoms with van der Waals surface area (Å²) in [4.78, 5) is 22.1. The van der Waals surface area contributed by atoms with Crippen molar-refractivity contribution in [2.75, 3.05) is 0 Å². The topological polar surface area (TPSA) is 54.4 Å². The summed E-state index contributed by atoms with van der Waals surface area (Å²) in [5.74, 6) is -0.0224. The minimum absolute atomic E-state index is 0.243. The van der Waals surface area contributed by atoms with E-state index in [-0.39, 0.29) is 12.2 Å². The molecule has 0 radical (unpaired) electrons. The zero-order valence-electron chi connectivity index (χ0n) is 11.6. The van der Waals surface area contributed by atoms with Crippen LogP contribution in [0.25, 0.3) is 0 Å². The smallest absolute Gasteiger partial charge is 0.303 e. The summed E-state index contributed by atoms with van der Waals surface area (Å²) in [5.41, 5.74) is 1.25. The van der Waals surface area contributed by atoms with Crippen LogP contribution in [0.15, 0.2) is 24.3 Å². The first kappa shape index (κ1) is 15.7. The molecule has 0 bridgehead atoms. The minimum Gasteiger partial charge on any atom is -0.481 e. The Bertz CT molecular complexity index is 355. The Morgan fingerprint density at radius 1 is 1.47 bits per heavy atom. The van der Waals surface area contributed by atoms with Crippen LogP contribution in [0.1, 0.15) is 57.8 Å². The quantitative estimate of drug-likeness (QED) is 0.534. The van der Waals surface area contributed by atoms with Gasteiger partial charge in [-0.15, -0.1) is 6.58 Å². The fourth-order valence-electron chi connectivity index (χ4n) is 2.65. The van der Waals surface area contributed by atoms with Gasteiger partial charge in [-0.2, -0.15) is 0 Å². The van der Waals surface area contributed by atoms with Crippen LogP contribution in [0.4, 0.5) is 0 Å². The van der Waals surface area contributed by atoms with Gasteiger partial charge in [-0.05, 0) is 50.5 Å². The van der Waals surface area contributed by atoms with Crippen molar-refractivity contribution in [3.8, 4) is 0 Å². The van der Waals surface area contributed by atoms with Gasteiger partial charge in [0.2, 0.25) is 0 Å². The van der Waals surface area contributed by atoms with Crippen LogP contribution >= 0.6 is 0 Å². The second-order valence-corrected chi connectivity index (χ2v) is 5.24. The summed E-state index contributed by atoms with van der Waals surface area (Å²) < 4.78 is 0. The average Bonchev–Trinajstić information content (AvgIpc) is 2.53. The number of carboxylic acid groups (broad SMARTS) is 1. The van der Waals surface area contributed by atoms with Gasteiger partial charge < -0.3 is 5.11 Å². The molecule has 0 saturated carbocycles. The van der Waals surface area contributed by atoms with E-state index in [4.69, 9.17) is 5.11 Å². The van der Waals surface area contributed by atoms with E-state index in [0.717, 1.165) is 44.9 Å². The van der Waals surface area contributed by atoms with Crippen molar-refractivity contribution in [2.24, 2.45) is 5.92 Å². The molecule has 0 fully saturated rings. The number of ketones is 1. The summed E-state index contributed by atoms with van der Waals surface area (Å²) in [6, 6.07) is 0. The third kappa shape index (κ3) is 6.37. The Morgan fingerprint density at radius 2 is 2.26 bits per heavy atom. The molecule has 19 heavy (non-hydrogen) atoms. The first-order valence-electron chi connectivity index (χ1n) is 7.19. The van der Waals surface area contributed by atoms with Crippen LogP contribution in [-0.2, 0) is 9.59 Å². The third-order valence-electron chi connectivity index (χ3n) is 3.68. The highest BCUT2D eigenvalue weighted by molar-refractivity contribution is 5.90. The summed E-state index contributed by atoms with van der Waals surface area (Å²) in [6.45, 7) is 3.73. The van der Waals surface area contributed by atoms with E-state index < -0.39 is 5.97 Å². The van der Waals surface area contributed by atoms with E-state index in [9.17, 15) is 9.59 Å². The number of rotatable bonds is 8. The predicted octanol–water partition coefficient (Wildman–Crippen LogP) is 3.89. The van der Waals surface area contributed by atoms with Crippen LogP contribution in [0, 0.1) is 5.92 Å². The van der Waals surface area contributed by atoms with Crippen molar-refractivity contribution >= 4 is 11.8 Å². The van der Waals surface area contributed by atoms with E-state index in [1.807, 2.05) is 12.2 Å². The lowest BCUT2D eigenvalue weighted by Crippen LogP contribution is -2.05. The molecule has 106 valence electrons. The van der Waals surface area contributed by atoms with Crippen LogP contribution in [-0.4, -0.2) is 16.9 Å². The molecular formula is C16H24O3. The first-order chi connectivity index (χ1) is 9.13.